The predicted molar refractivity (Wildman–Crippen MR) is 34.4 cm³/mol. The number of hydrogen-bond acceptors (Lipinski definition) is 7. The van der Waals surface area contributed by atoms with Crippen molar-refractivity contribution in [2.75, 3.05) is 0 Å². The molecule has 0 amide bonds. The van der Waals surface area contributed by atoms with Crippen molar-refractivity contribution in [3.8, 4) is 0 Å². The second-order valence-corrected chi connectivity index (χ2v) is 4.36. The molecule has 0 aromatic carbocycles. The molecule has 2 radical (unpaired) electrons. The van der Waals surface area contributed by atoms with Crippen LogP contribution in [-0.2, 0) is 4.12 Å². The molecule has 0 fully saturated rings. The van der Waals surface area contributed by atoms with E-state index in [1.807, 2.05) is 0 Å². The topological polar surface area (TPSA) is 131 Å². The fraction of sp³-hybridized carbons (Fsp3) is 0. The molecule has 0 atom stereocenters. The Morgan fingerprint density at radius 1 is 0.700 bits per heavy atom. The van der Waals surface area contributed by atoms with Crippen LogP contribution in [0.4, 0.5) is 0 Å². The van der Waals surface area contributed by atoms with Gasteiger partial charge in [0.2, 0.25) is 0 Å². The summed E-state index contributed by atoms with van der Waals surface area (Å²) >= 11 is 0. The summed E-state index contributed by atoms with van der Waals surface area (Å²) in [6.07, 6.45) is 0. The summed E-state index contributed by atoms with van der Waals surface area (Å²) in [4.78, 5) is 47.6. The zero-order valence-electron chi connectivity index (χ0n) is 4.80. The summed E-state index contributed by atoms with van der Waals surface area (Å²) in [5.74, 6) is 0. The van der Waals surface area contributed by atoms with Gasteiger partial charge in [0.25, 0.3) is 0 Å². The van der Waals surface area contributed by atoms with Gasteiger partial charge < -0.3 is 32.9 Å². The molecule has 0 saturated carbocycles. The Morgan fingerprint density at radius 3 is 0.900 bits per heavy atom. The number of rotatable bonds is 2. The number of hydrogen-bond donors (Lipinski definition) is 6. The van der Waals surface area contributed by atoms with Crippen molar-refractivity contribution < 1.29 is 32.9 Å². The van der Waals surface area contributed by atoms with Gasteiger partial charge in [0.1, 0.15) is 0 Å². The van der Waals surface area contributed by atoms with Gasteiger partial charge in [-0.3, -0.25) is 0 Å². The normalized spacial score (nSPS) is 12.6. The summed E-state index contributed by atoms with van der Waals surface area (Å²) in [5.41, 5.74) is 0. The maximum absolute atomic E-state index is 7.94. The SMILES string of the molecule is O[Si](O)(O)O[Si](O)(O)O.[PbH2]. The van der Waals surface area contributed by atoms with Crippen LogP contribution in [0.2, 0.25) is 0 Å². The molecule has 10 heavy (non-hydrogen) atoms. The van der Waals surface area contributed by atoms with Crippen molar-refractivity contribution in [2.45, 2.75) is 0 Å². The first-order valence-corrected chi connectivity index (χ1v) is 5.25. The van der Waals surface area contributed by atoms with Gasteiger partial charge in [-0.15, -0.1) is 0 Å². The van der Waals surface area contributed by atoms with Crippen LogP contribution in [0.3, 0.4) is 0 Å². The van der Waals surface area contributed by atoms with Gasteiger partial charge in [0.05, 0.1) is 0 Å². The summed E-state index contributed by atoms with van der Waals surface area (Å²) in [6.45, 7) is 0. The predicted octanol–water partition coefficient (Wildman–Crippen LogP) is -5.09. The molecular weight excluding hydrogens is 375 g/mol. The van der Waals surface area contributed by atoms with E-state index in [0.29, 0.717) is 0 Å². The zero-order chi connectivity index (χ0) is 7.71. The first kappa shape index (κ1) is 13.7. The van der Waals surface area contributed by atoms with Crippen LogP contribution in [0.25, 0.3) is 0 Å². The van der Waals surface area contributed by atoms with E-state index >= 15 is 0 Å². The van der Waals surface area contributed by atoms with Crippen LogP contribution in [0.15, 0.2) is 0 Å². The minimum absolute atomic E-state index is 0. The molecule has 0 aromatic rings. The third-order valence-electron chi connectivity index (χ3n) is 0.274. The molecule has 0 aliphatic carbocycles. The van der Waals surface area contributed by atoms with Crippen LogP contribution < -0.4 is 0 Å². The first-order valence-electron chi connectivity index (χ1n) is 1.75. The quantitative estimate of drug-likeness (QED) is 0.263. The molecule has 0 spiro atoms. The molecule has 7 nitrogen and oxygen atoms in total. The van der Waals surface area contributed by atoms with E-state index in [4.69, 9.17) is 28.8 Å². The monoisotopic (exact) mass is 384 g/mol. The van der Waals surface area contributed by atoms with Crippen molar-refractivity contribution in [1.82, 2.24) is 0 Å². The van der Waals surface area contributed by atoms with Gasteiger partial charge in [-0.25, -0.2) is 0 Å². The van der Waals surface area contributed by atoms with Gasteiger partial charge in [-0.05, 0) is 0 Å². The second kappa shape index (κ2) is 4.19. The van der Waals surface area contributed by atoms with E-state index in [9.17, 15) is 0 Å². The Labute approximate surface area is 78.3 Å². The van der Waals surface area contributed by atoms with Crippen LogP contribution in [0.1, 0.15) is 0 Å². The van der Waals surface area contributed by atoms with Crippen molar-refractivity contribution in [3.63, 3.8) is 0 Å². The van der Waals surface area contributed by atoms with Crippen LogP contribution in [0, 0.1) is 0 Å². The molecule has 0 unspecified atom stereocenters. The molecule has 0 aromatic heterocycles. The van der Waals surface area contributed by atoms with Gasteiger partial charge >= 0.3 is 45.4 Å². The third-order valence-corrected chi connectivity index (χ3v) is 2.46. The Kier molecular flexibility index (Phi) is 5.72. The van der Waals surface area contributed by atoms with E-state index in [1.54, 1.807) is 0 Å². The molecule has 62 valence electrons. The summed E-state index contributed by atoms with van der Waals surface area (Å²) in [6, 6.07) is 0. The summed E-state index contributed by atoms with van der Waals surface area (Å²) in [7, 11) is -9.96. The molecule has 0 bridgehead atoms. The third kappa shape index (κ3) is 11.8. The van der Waals surface area contributed by atoms with E-state index in [0.717, 1.165) is 0 Å². The van der Waals surface area contributed by atoms with Gasteiger partial charge in [-0.2, -0.15) is 0 Å². The Hall–Kier alpha value is 1.08. The van der Waals surface area contributed by atoms with Crippen LogP contribution in [0.5, 0.6) is 0 Å². The molecule has 10 heteroatoms. The van der Waals surface area contributed by atoms with Gasteiger partial charge in [-0.1, -0.05) is 0 Å². The van der Waals surface area contributed by atoms with E-state index < -0.39 is 18.1 Å². The molecule has 0 aliphatic heterocycles. The van der Waals surface area contributed by atoms with Crippen molar-refractivity contribution >= 4 is 45.4 Å². The standard InChI is InChI=1S/H6O7Si2.Pb.2H/c1-8(2,3)7-9(4,5)6;;;/h1-6H;;;. The average molecular weight is 383 g/mol. The average Bonchev–Trinajstić information content (AvgIpc) is 1.14. The Bertz CT molecular complexity index is 76.8. The van der Waals surface area contributed by atoms with Gasteiger partial charge in [0, 0.05) is 0 Å². The molecule has 6 N–H and O–H groups in total. The van der Waals surface area contributed by atoms with Gasteiger partial charge in [0.15, 0.2) is 0 Å². The molecule has 0 rings (SSSR count). The Morgan fingerprint density at radius 2 is 0.900 bits per heavy atom. The van der Waals surface area contributed by atoms with Crippen LogP contribution in [-0.4, -0.2) is 74.2 Å². The van der Waals surface area contributed by atoms with Crippen molar-refractivity contribution in [1.29, 1.82) is 0 Å². The van der Waals surface area contributed by atoms with Crippen LogP contribution >= 0.6 is 0 Å². The van der Waals surface area contributed by atoms with E-state index in [1.165, 1.54) is 0 Å². The Balaban J connectivity index is 0. The fourth-order valence-corrected chi connectivity index (χ4v) is 1.65. The maximum atomic E-state index is 7.94. The molecular formula is H8O7PbSi2. The first-order chi connectivity index (χ1) is 3.71. The molecule has 0 saturated heterocycles. The van der Waals surface area contributed by atoms with Crippen molar-refractivity contribution in [2.24, 2.45) is 0 Å². The molecule has 0 aliphatic rings. The fourth-order valence-electron chi connectivity index (χ4n) is 0.184. The van der Waals surface area contributed by atoms with E-state index in [2.05, 4.69) is 4.12 Å². The second-order valence-electron chi connectivity index (χ2n) is 1.25. The summed E-state index contributed by atoms with van der Waals surface area (Å²) < 4.78 is 3.24. The minimum atomic E-state index is -4.98. The summed E-state index contributed by atoms with van der Waals surface area (Å²) in [5, 5.41) is 0. The van der Waals surface area contributed by atoms with Crippen molar-refractivity contribution in [3.05, 3.63) is 0 Å². The molecule has 0 heterocycles. The zero-order valence-corrected chi connectivity index (χ0v) is 12.3. The van der Waals surface area contributed by atoms with E-state index in [-0.39, 0.29) is 27.3 Å².